The van der Waals surface area contributed by atoms with Crippen molar-refractivity contribution in [2.24, 2.45) is 0 Å². The molecule has 0 bridgehead atoms. The minimum atomic E-state index is 0.173. The van der Waals surface area contributed by atoms with Crippen LogP contribution in [0.2, 0.25) is 10.0 Å². The molecule has 0 aromatic heterocycles. The highest BCUT2D eigenvalue weighted by Gasteiger charge is 2.13. The van der Waals surface area contributed by atoms with Gasteiger partial charge in [0.25, 0.3) is 0 Å². The van der Waals surface area contributed by atoms with Gasteiger partial charge >= 0.3 is 0 Å². The molecular weight excluding hydrogens is 331 g/mol. The van der Waals surface area contributed by atoms with Gasteiger partial charge in [0, 0.05) is 4.83 Å². The molecule has 1 atom stereocenters. The van der Waals surface area contributed by atoms with Crippen LogP contribution in [0.4, 0.5) is 0 Å². The second-order valence-electron chi connectivity index (χ2n) is 4.30. The van der Waals surface area contributed by atoms with Crippen LogP contribution in [-0.2, 0) is 6.42 Å². The van der Waals surface area contributed by atoms with Crippen LogP contribution in [0, 0.1) is 6.92 Å². The average molecular weight is 344 g/mol. The molecule has 2 aromatic carbocycles. The Bertz CT molecular complexity index is 535. The Kier molecular flexibility index (Phi) is 4.71. The summed E-state index contributed by atoms with van der Waals surface area (Å²) in [5.74, 6) is 0. The van der Waals surface area contributed by atoms with Gasteiger partial charge in [-0.2, -0.15) is 0 Å². The van der Waals surface area contributed by atoms with Gasteiger partial charge in [0.15, 0.2) is 0 Å². The predicted octanol–water partition coefficient (Wildman–Crippen LogP) is 5.98. The van der Waals surface area contributed by atoms with E-state index in [4.69, 9.17) is 23.2 Å². The predicted molar refractivity (Wildman–Crippen MR) is 83.0 cm³/mol. The van der Waals surface area contributed by atoms with E-state index in [-0.39, 0.29) is 4.83 Å². The third-order valence-corrected chi connectivity index (χ3v) is 4.50. The maximum atomic E-state index is 6.22. The van der Waals surface area contributed by atoms with Crippen LogP contribution < -0.4 is 0 Å². The van der Waals surface area contributed by atoms with Gasteiger partial charge in [0.05, 0.1) is 10.0 Å². The van der Waals surface area contributed by atoms with E-state index in [1.807, 2.05) is 12.1 Å². The summed E-state index contributed by atoms with van der Waals surface area (Å²) in [5, 5.41) is 1.23. The smallest absolute Gasteiger partial charge is 0.0635 e. The lowest BCUT2D eigenvalue weighted by Crippen LogP contribution is -1.96. The molecule has 0 heterocycles. The molecule has 18 heavy (non-hydrogen) atoms. The largest absolute Gasteiger partial charge is 0.0835 e. The van der Waals surface area contributed by atoms with Crippen molar-refractivity contribution >= 4 is 39.1 Å². The Balaban J connectivity index is 2.19. The fraction of sp³-hybridized carbons (Fsp3) is 0.200. The molecule has 0 amide bonds. The molecule has 0 aliphatic carbocycles. The molecule has 0 saturated carbocycles. The van der Waals surface area contributed by atoms with Gasteiger partial charge in [-0.1, -0.05) is 81.1 Å². The highest BCUT2D eigenvalue weighted by atomic mass is 79.9. The number of benzene rings is 2. The second kappa shape index (κ2) is 6.10. The Morgan fingerprint density at radius 2 is 1.72 bits per heavy atom. The van der Waals surface area contributed by atoms with E-state index in [1.165, 1.54) is 11.1 Å². The quantitative estimate of drug-likeness (QED) is 0.601. The lowest BCUT2D eigenvalue weighted by Gasteiger charge is -2.13. The van der Waals surface area contributed by atoms with Crippen LogP contribution in [0.25, 0.3) is 0 Å². The topological polar surface area (TPSA) is 0 Å². The van der Waals surface area contributed by atoms with Crippen LogP contribution in [-0.4, -0.2) is 0 Å². The highest BCUT2D eigenvalue weighted by Crippen LogP contribution is 2.35. The lowest BCUT2D eigenvalue weighted by atomic mass is 10.0. The summed E-state index contributed by atoms with van der Waals surface area (Å²) in [5.41, 5.74) is 3.58. The third kappa shape index (κ3) is 3.28. The molecule has 0 aliphatic rings. The Labute approximate surface area is 126 Å². The molecule has 2 rings (SSSR count). The first-order valence-electron chi connectivity index (χ1n) is 5.71. The minimum Gasteiger partial charge on any atom is -0.0835 e. The van der Waals surface area contributed by atoms with Crippen molar-refractivity contribution in [3.05, 3.63) is 69.2 Å². The standard InChI is InChI=1S/C15H13BrCl2/c1-10-5-7-11(8-6-10)9-13(16)12-3-2-4-14(17)15(12)18/h2-8,13H,9H2,1H3. The molecule has 0 radical (unpaired) electrons. The van der Waals surface area contributed by atoms with Gasteiger partial charge in [-0.3, -0.25) is 0 Å². The second-order valence-corrected chi connectivity index (χ2v) is 6.19. The number of rotatable bonds is 3. The highest BCUT2D eigenvalue weighted by molar-refractivity contribution is 9.09. The van der Waals surface area contributed by atoms with Crippen molar-refractivity contribution in [3.8, 4) is 0 Å². The first-order chi connectivity index (χ1) is 8.58. The molecule has 0 fully saturated rings. The number of hydrogen-bond acceptors (Lipinski definition) is 0. The van der Waals surface area contributed by atoms with Crippen molar-refractivity contribution in [3.63, 3.8) is 0 Å². The molecule has 0 spiro atoms. The van der Waals surface area contributed by atoms with Crippen LogP contribution in [0.3, 0.4) is 0 Å². The number of alkyl halides is 1. The van der Waals surface area contributed by atoms with Gasteiger partial charge in [-0.15, -0.1) is 0 Å². The van der Waals surface area contributed by atoms with Crippen molar-refractivity contribution < 1.29 is 0 Å². The van der Waals surface area contributed by atoms with Crippen molar-refractivity contribution in [1.29, 1.82) is 0 Å². The zero-order valence-electron chi connectivity index (χ0n) is 9.96. The fourth-order valence-electron chi connectivity index (χ4n) is 1.80. The first-order valence-corrected chi connectivity index (χ1v) is 7.38. The summed E-state index contributed by atoms with van der Waals surface area (Å²) in [7, 11) is 0. The van der Waals surface area contributed by atoms with Crippen LogP contribution in [0.15, 0.2) is 42.5 Å². The van der Waals surface area contributed by atoms with Crippen molar-refractivity contribution in [2.75, 3.05) is 0 Å². The molecule has 0 aliphatic heterocycles. The lowest BCUT2D eigenvalue weighted by molar-refractivity contribution is 0.948. The first kappa shape index (κ1) is 13.9. The molecule has 1 unspecified atom stereocenters. The normalized spacial score (nSPS) is 12.4. The number of hydrogen-bond donors (Lipinski definition) is 0. The molecule has 0 N–H and O–H groups in total. The van der Waals surface area contributed by atoms with Crippen molar-refractivity contribution in [2.45, 2.75) is 18.2 Å². The SMILES string of the molecule is Cc1ccc(CC(Br)c2cccc(Cl)c2Cl)cc1. The van der Waals surface area contributed by atoms with E-state index in [1.54, 1.807) is 6.07 Å². The Morgan fingerprint density at radius 1 is 1.06 bits per heavy atom. The fourth-order valence-corrected chi connectivity index (χ4v) is 3.13. The summed E-state index contributed by atoms with van der Waals surface area (Å²) in [6, 6.07) is 14.3. The average Bonchev–Trinajstić information content (AvgIpc) is 2.35. The van der Waals surface area contributed by atoms with Crippen LogP contribution in [0.5, 0.6) is 0 Å². The van der Waals surface area contributed by atoms with Gasteiger partial charge in [0.2, 0.25) is 0 Å². The number of halogens is 3. The van der Waals surface area contributed by atoms with E-state index in [0.717, 1.165) is 12.0 Å². The van der Waals surface area contributed by atoms with Gasteiger partial charge in [-0.25, -0.2) is 0 Å². The Hall–Kier alpha value is -0.500. The number of aryl methyl sites for hydroxylation is 1. The van der Waals surface area contributed by atoms with E-state index in [2.05, 4.69) is 47.1 Å². The van der Waals surface area contributed by atoms with Crippen LogP contribution in [0.1, 0.15) is 21.5 Å². The molecule has 0 saturated heterocycles. The maximum Gasteiger partial charge on any atom is 0.0635 e. The summed E-state index contributed by atoms with van der Waals surface area (Å²) >= 11 is 15.9. The molecule has 3 heteroatoms. The van der Waals surface area contributed by atoms with E-state index < -0.39 is 0 Å². The summed E-state index contributed by atoms with van der Waals surface area (Å²) in [6.07, 6.45) is 0.889. The summed E-state index contributed by atoms with van der Waals surface area (Å²) in [4.78, 5) is 0.173. The zero-order chi connectivity index (χ0) is 13.1. The summed E-state index contributed by atoms with van der Waals surface area (Å²) < 4.78 is 0. The van der Waals surface area contributed by atoms with E-state index in [9.17, 15) is 0 Å². The van der Waals surface area contributed by atoms with E-state index >= 15 is 0 Å². The van der Waals surface area contributed by atoms with E-state index in [0.29, 0.717) is 10.0 Å². The zero-order valence-corrected chi connectivity index (χ0v) is 13.1. The maximum absolute atomic E-state index is 6.22. The Morgan fingerprint density at radius 3 is 2.39 bits per heavy atom. The molecular formula is C15H13BrCl2. The van der Waals surface area contributed by atoms with Gasteiger partial charge in [0.1, 0.15) is 0 Å². The van der Waals surface area contributed by atoms with Crippen molar-refractivity contribution in [1.82, 2.24) is 0 Å². The minimum absolute atomic E-state index is 0.173. The van der Waals surface area contributed by atoms with Gasteiger partial charge < -0.3 is 0 Å². The third-order valence-electron chi connectivity index (χ3n) is 2.85. The van der Waals surface area contributed by atoms with Gasteiger partial charge in [-0.05, 0) is 30.5 Å². The molecule has 94 valence electrons. The van der Waals surface area contributed by atoms with Crippen LogP contribution >= 0.6 is 39.1 Å². The molecule has 0 nitrogen and oxygen atoms in total. The summed E-state index contributed by atoms with van der Waals surface area (Å²) in [6.45, 7) is 2.09. The molecule has 2 aromatic rings. The monoisotopic (exact) mass is 342 g/mol.